The van der Waals surface area contributed by atoms with E-state index in [4.69, 9.17) is 4.74 Å². The number of thiophene rings is 1. The number of halogens is 1. The Morgan fingerprint density at radius 3 is 3.10 bits per heavy atom. The van der Waals surface area contributed by atoms with Gasteiger partial charge in [-0.3, -0.25) is 4.79 Å². The largest absolute Gasteiger partial charge is 0.467 e. The lowest BCUT2D eigenvalue weighted by Gasteiger charge is -2.07. The zero-order valence-electron chi connectivity index (χ0n) is 10.7. The Labute approximate surface area is 138 Å². The second kappa shape index (κ2) is 6.35. The normalized spacial score (nSPS) is 10.5. The van der Waals surface area contributed by atoms with Crippen LogP contribution in [-0.4, -0.2) is 22.5 Å². The van der Waals surface area contributed by atoms with E-state index in [2.05, 4.69) is 37.9 Å². The van der Waals surface area contributed by atoms with Gasteiger partial charge in [0.15, 0.2) is 6.61 Å². The van der Waals surface area contributed by atoms with E-state index in [9.17, 15) is 4.79 Å². The van der Waals surface area contributed by atoms with E-state index in [0.717, 1.165) is 19.5 Å². The first kappa shape index (κ1) is 14.2. The van der Waals surface area contributed by atoms with Crippen molar-refractivity contribution in [3.05, 3.63) is 45.6 Å². The van der Waals surface area contributed by atoms with Crippen molar-refractivity contribution in [3.8, 4) is 5.88 Å². The molecule has 2 heterocycles. The van der Waals surface area contributed by atoms with Crippen molar-refractivity contribution in [2.75, 3.05) is 11.9 Å². The molecule has 106 valence electrons. The molecule has 3 aromatic rings. The third-order valence-electron chi connectivity index (χ3n) is 2.67. The van der Waals surface area contributed by atoms with Gasteiger partial charge in [-0.25, -0.2) is 9.97 Å². The summed E-state index contributed by atoms with van der Waals surface area (Å²) in [6, 6.07) is 9.45. The number of nitrogens with zero attached hydrogens (tertiary/aromatic N) is 2. The van der Waals surface area contributed by atoms with Gasteiger partial charge in [0.2, 0.25) is 5.88 Å². The van der Waals surface area contributed by atoms with Gasteiger partial charge in [0.1, 0.15) is 11.2 Å². The number of nitrogens with one attached hydrogen (secondary N) is 1. The molecule has 0 saturated heterocycles. The van der Waals surface area contributed by atoms with Crippen LogP contribution in [0.2, 0.25) is 0 Å². The number of hydrogen-bond donors (Lipinski definition) is 1. The summed E-state index contributed by atoms with van der Waals surface area (Å²) in [6.45, 7) is -0.0898. The van der Waals surface area contributed by atoms with Gasteiger partial charge in [0.05, 0.1) is 5.39 Å². The number of benzene rings is 1. The van der Waals surface area contributed by atoms with Gasteiger partial charge >= 0.3 is 0 Å². The lowest BCUT2D eigenvalue weighted by Crippen LogP contribution is -2.20. The zero-order valence-corrected chi connectivity index (χ0v) is 13.7. The predicted molar refractivity (Wildman–Crippen MR) is 90.7 cm³/mol. The monoisotopic (exact) mass is 411 g/mol. The van der Waals surface area contributed by atoms with E-state index in [0.29, 0.717) is 5.88 Å². The first-order valence-electron chi connectivity index (χ1n) is 6.09. The summed E-state index contributed by atoms with van der Waals surface area (Å²) in [5.41, 5.74) is 0.749. The molecule has 21 heavy (non-hydrogen) atoms. The second-order valence-electron chi connectivity index (χ2n) is 4.17. The molecule has 0 fully saturated rings. The van der Waals surface area contributed by atoms with Crippen LogP contribution in [0, 0.1) is 3.57 Å². The number of fused-ring (bicyclic) bond motifs is 1. The minimum absolute atomic E-state index is 0.0898. The molecule has 0 aliphatic carbocycles. The van der Waals surface area contributed by atoms with E-state index in [1.807, 2.05) is 35.7 Å². The van der Waals surface area contributed by atoms with Crippen LogP contribution in [0.5, 0.6) is 5.88 Å². The molecule has 1 amide bonds. The number of carbonyl (C=O) groups excluding carboxylic acids is 1. The maximum absolute atomic E-state index is 11.9. The summed E-state index contributed by atoms with van der Waals surface area (Å²) >= 11 is 3.70. The first-order valence-corrected chi connectivity index (χ1v) is 8.04. The molecule has 1 aromatic carbocycles. The van der Waals surface area contributed by atoms with Gasteiger partial charge in [0, 0.05) is 9.26 Å². The standard InChI is InChI=1S/C14H10IN3O2S/c15-9-2-1-3-10(6-9)18-12(19)7-20-13-11-4-5-21-14(11)17-8-16-13/h1-6,8H,7H2,(H,18,19). The highest BCUT2D eigenvalue weighted by Crippen LogP contribution is 2.25. The maximum Gasteiger partial charge on any atom is 0.262 e. The Morgan fingerprint density at radius 1 is 1.33 bits per heavy atom. The molecule has 3 rings (SSSR count). The van der Waals surface area contributed by atoms with Crippen LogP contribution < -0.4 is 10.1 Å². The molecular formula is C14H10IN3O2S. The van der Waals surface area contributed by atoms with E-state index < -0.39 is 0 Å². The molecule has 0 spiro atoms. The van der Waals surface area contributed by atoms with Gasteiger partial charge in [-0.05, 0) is 52.2 Å². The summed E-state index contributed by atoms with van der Waals surface area (Å²) in [6.07, 6.45) is 1.44. The lowest BCUT2D eigenvalue weighted by molar-refractivity contribution is -0.118. The summed E-state index contributed by atoms with van der Waals surface area (Å²) in [7, 11) is 0. The molecule has 0 bridgehead atoms. The number of aromatic nitrogens is 2. The van der Waals surface area contributed by atoms with Gasteiger partial charge in [-0.15, -0.1) is 11.3 Å². The Morgan fingerprint density at radius 2 is 2.24 bits per heavy atom. The van der Waals surface area contributed by atoms with Crippen LogP contribution in [0.15, 0.2) is 42.0 Å². The van der Waals surface area contributed by atoms with E-state index in [-0.39, 0.29) is 12.5 Å². The highest BCUT2D eigenvalue weighted by molar-refractivity contribution is 14.1. The fourth-order valence-electron chi connectivity index (χ4n) is 1.78. The van der Waals surface area contributed by atoms with Crippen LogP contribution in [0.1, 0.15) is 0 Å². The smallest absolute Gasteiger partial charge is 0.262 e. The molecule has 0 atom stereocenters. The van der Waals surface area contributed by atoms with Crippen molar-refractivity contribution in [1.82, 2.24) is 9.97 Å². The highest BCUT2D eigenvalue weighted by Gasteiger charge is 2.09. The topological polar surface area (TPSA) is 64.1 Å². The Hall–Kier alpha value is -1.74. The number of amides is 1. The molecule has 0 radical (unpaired) electrons. The van der Waals surface area contributed by atoms with Crippen LogP contribution >= 0.6 is 33.9 Å². The fraction of sp³-hybridized carbons (Fsp3) is 0.0714. The lowest BCUT2D eigenvalue weighted by atomic mass is 10.3. The van der Waals surface area contributed by atoms with Gasteiger partial charge in [-0.2, -0.15) is 0 Å². The number of carbonyl (C=O) groups is 1. The number of rotatable bonds is 4. The molecular weight excluding hydrogens is 401 g/mol. The summed E-state index contributed by atoms with van der Waals surface area (Å²) in [4.78, 5) is 20.9. The maximum atomic E-state index is 11.9. The molecule has 1 N–H and O–H groups in total. The summed E-state index contributed by atoms with van der Waals surface area (Å²) in [5, 5.41) is 5.52. The minimum Gasteiger partial charge on any atom is -0.467 e. The summed E-state index contributed by atoms with van der Waals surface area (Å²) in [5.74, 6) is 0.207. The van der Waals surface area contributed by atoms with Crippen LogP contribution in [0.3, 0.4) is 0 Å². The van der Waals surface area contributed by atoms with Crippen molar-refractivity contribution in [2.24, 2.45) is 0 Å². The molecule has 0 aliphatic heterocycles. The second-order valence-corrected chi connectivity index (χ2v) is 6.31. The Balaban J connectivity index is 1.65. The molecule has 0 aliphatic rings. The van der Waals surface area contributed by atoms with E-state index >= 15 is 0 Å². The van der Waals surface area contributed by atoms with Gasteiger partial charge in [-0.1, -0.05) is 6.07 Å². The number of hydrogen-bond acceptors (Lipinski definition) is 5. The highest BCUT2D eigenvalue weighted by atomic mass is 127. The number of anilines is 1. The SMILES string of the molecule is O=C(COc1ncnc2sccc12)Nc1cccc(I)c1. The van der Waals surface area contributed by atoms with Crippen molar-refractivity contribution >= 4 is 55.7 Å². The predicted octanol–water partition coefficient (Wildman–Crippen LogP) is 3.31. The zero-order chi connectivity index (χ0) is 14.7. The minimum atomic E-state index is -0.223. The number of ether oxygens (including phenoxy) is 1. The first-order chi connectivity index (χ1) is 10.2. The Bertz CT molecular complexity index is 790. The fourth-order valence-corrected chi connectivity index (χ4v) is 3.05. The quantitative estimate of drug-likeness (QED) is 0.670. The van der Waals surface area contributed by atoms with Crippen LogP contribution in [-0.2, 0) is 4.79 Å². The molecule has 7 heteroatoms. The third kappa shape index (κ3) is 3.48. The third-order valence-corrected chi connectivity index (χ3v) is 4.17. The van der Waals surface area contributed by atoms with E-state index in [1.54, 1.807) is 0 Å². The Kier molecular flexibility index (Phi) is 4.30. The van der Waals surface area contributed by atoms with Gasteiger partial charge in [0.25, 0.3) is 5.91 Å². The molecule has 5 nitrogen and oxygen atoms in total. The van der Waals surface area contributed by atoms with Crippen molar-refractivity contribution in [1.29, 1.82) is 0 Å². The molecule has 0 saturated carbocycles. The van der Waals surface area contributed by atoms with Crippen molar-refractivity contribution < 1.29 is 9.53 Å². The molecule has 0 unspecified atom stereocenters. The van der Waals surface area contributed by atoms with Crippen LogP contribution in [0.4, 0.5) is 5.69 Å². The van der Waals surface area contributed by atoms with Crippen molar-refractivity contribution in [2.45, 2.75) is 0 Å². The average molecular weight is 411 g/mol. The van der Waals surface area contributed by atoms with Crippen LogP contribution in [0.25, 0.3) is 10.2 Å². The van der Waals surface area contributed by atoms with Crippen molar-refractivity contribution in [3.63, 3.8) is 0 Å². The average Bonchev–Trinajstić information content (AvgIpc) is 2.94. The summed E-state index contributed by atoms with van der Waals surface area (Å²) < 4.78 is 6.54. The van der Waals surface area contributed by atoms with Gasteiger partial charge < -0.3 is 10.1 Å². The van der Waals surface area contributed by atoms with E-state index in [1.165, 1.54) is 17.7 Å². The molecule has 2 aromatic heterocycles.